The number of rotatable bonds is 7. The number of carbonyl (C=O) groups excluding carboxylic acids is 1. The largest absolute Gasteiger partial charge is 0.493 e. The summed E-state index contributed by atoms with van der Waals surface area (Å²) in [6, 6.07) is 16.0. The van der Waals surface area contributed by atoms with Crippen LogP contribution in [0.4, 0.5) is 5.69 Å². The third kappa shape index (κ3) is 5.03. The molecule has 0 heterocycles. The van der Waals surface area contributed by atoms with Gasteiger partial charge in [0.2, 0.25) is 0 Å². The molecule has 0 unspecified atom stereocenters. The number of ether oxygens (including phenoxy) is 3. The van der Waals surface area contributed by atoms with Crippen LogP contribution in [0.15, 0.2) is 54.6 Å². The van der Waals surface area contributed by atoms with Crippen LogP contribution in [-0.2, 0) is 0 Å². The molecule has 8 heteroatoms. The highest BCUT2D eigenvalue weighted by Gasteiger charge is 2.24. The van der Waals surface area contributed by atoms with E-state index in [1.165, 1.54) is 20.3 Å². The maximum Gasteiger partial charge on any atom is 0.286 e. The molecular formula is C23H20N2O6. The molecule has 0 aliphatic rings. The molecule has 0 spiro atoms. The molecule has 3 aromatic rings. The number of nitrogens with one attached hydrogen (secondary N) is 1. The van der Waals surface area contributed by atoms with Gasteiger partial charge in [-0.3, -0.25) is 14.9 Å². The number of hydrogen-bond donors (Lipinski definition) is 1. The van der Waals surface area contributed by atoms with Crippen molar-refractivity contribution in [3.63, 3.8) is 0 Å². The molecule has 0 radical (unpaired) electrons. The minimum Gasteiger partial charge on any atom is -0.493 e. The Balaban J connectivity index is 1.62. The Hall–Kier alpha value is -4.25. The number of nitro benzene ring substituents is 1. The van der Waals surface area contributed by atoms with Gasteiger partial charge in [-0.15, -0.1) is 0 Å². The van der Waals surface area contributed by atoms with Gasteiger partial charge in [0.1, 0.15) is 17.9 Å². The summed E-state index contributed by atoms with van der Waals surface area (Å²) < 4.78 is 15.9. The summed E-state index contributed by atoms with van der Waals surface area (Å²) in [6.07, 6.45) is 0. The number of hydrogen-bond acceptors (Lipinski definition) is 6. The van der Waals surface area contributed by atoms with Gasteiger partial charge in [0.15, 0.2) is 11.5 Å². The third-order valence-corrected chi connectivity index (χ3v) is 4.46. The predicted octanol–water partition coefficient (Wildman–Crippen LogP) is 3.58. The van der Waals surface area contributed by atoms with Gasteiger partial charge in [-0.05, 0) is 11.5 Å². The van der Waals surface area contributed by atoms with Gasteiger partial charge in [0.25, 0.3) is 11.6 Å². The van der Waals surface area contributed by atoms with Crippen molar-refractivity contribution in [2.24, 2.45) is 0 Å². The Labute approximate surface area is 178 Å². The van der Waals surface area contributed by atoms with Crippen LogP contribution in [-0.4, -0.2) is 38.2 Å². The summed E-state index contributed by atoms with van der Waals surface area (Å²) in [5.74, 6) is 6.05. The van der Waals surface area contributed by atoms with Crippen molar-refractivity contribution < 1.29 is 23.9 Å². The molecule has 3 rings (SSSR count). The molecule has 0 saturated heterocycles. The first-order valence-corrected chi connectivity index (χ1v) is 9.30. The van der Waals surface area contributed by atoms with Crippen LogP contribution in [0.1, 0.15) is 10.4 Å². The van der Waals surface area contributed by atoms with Crippen molar-refractivity contribution in [3.05, 3.63) is 70.3 Å². The van der Waals surface area contributed by atoms with Crippen molar-refractivity contribution >= 4 is 22.4 Å². The second-order valence-electron chi connectivity index (χ2n) is 6.28. The number of benzene rings is 3. The van der Waals surface area contributed by atoms with Crippen molar-refractivity contribution in [1.82, 2.24) is 5.32 Å². The Morgan fingerprint density at radius 1 is 1.00 bits per heavy atom. The molecule has 31 heavy (non-hydrogen) atoms. The molecule has 1 amide bonds. The second-order valence-corrected chi connectivity index (χ2v) is 6.28. The van der Waals surface area contributed by atoms with Crippen molar-refractivity contribution in [1.29, 1.82) is 0 Å². The zero-order valence-electron chi connectivity index (χ0n) is 17.0. The summed E-state index contributed by atoms with van der Waals surface area (Å²) in [5.41, 5.74) is -0.529. The van der Waals surface area contributed by atoms with E-state index in [1.54, 1.807) is 0 Å². The van der Waals surface area contributed by atoms with Gasteiger partial charge >= 0.3 is 0 Å². The lowest BCUT2D eigenvalue weighted by Crippen LogP contribution is -2.24. The lowest BCUT2D eigenvalue weighted by atomic mass is 10.1. The average molecular weight is 420 g/mol. The first kappa shape index (κ1) is 21.5. The van der Waals surface area contributed by atoms with E-state index in [9.17, 15) is 14.9 Å². The van der Waals surface area contributed by atoms with Gasteiger partial charge in [-0.1, -0.05) is 48.2 Å². The molecule has 0 fully saturated rings. The highest BCUT2D eigenvalue weighted by Crippen LogP contribution is 2.34. The number of nitro groups is 1. The molecular weight excluding hydrogens is 400 g/mol. The maximum absolute atomic E-state index is 12.4. The maximum atomic E-state index is 12.4. The number of carbonyl (C=O) groups is 1. The van der Waals surface area contributed by atoms with Crippen LogP contribution < -0.4 is 19.5 Å². The van der Waals surface area contributed by atoms with Crippen LogP contribution in [0.25, 0.3) is 10.8 Å². The third-order valence-electron chi connectivity index (χ3n) is 4.46. The van der Waals surface area contributed by atoms with Crippen LogP contribution in [0.2, 0.25) is 0 Å². The van der Waals surface area contributed by atoms with E-state index >= 15 is 0 Å². The Morgan fingerprint density at radius 3 is 2.45 bits per heavy atom. The smallest absolute Gasteiger partial charge is 0.286 e. The fourth-order valence-electron chi connectivity index (χ4n) is 2.97. The highest BCUT2D eigenvalue weighted by atomic mass is 16.6. The normalized spacial score (nSPS) is 10.0. The molecule has 0 atom stereocenters. The van der Waals surface area contributed by atoms with Crippen LogP contribution >= 0.6 is 0 Å². The number of nitrogens with zero attached hydrogens (tertiary/aromatic N) is 1. The van der Waals surface area contributed by atoms with Gasteiger partial charge in [-0.25, -0.2) is 0 Å². The summed E-state index contributed by atoms with van der Waals surface area (Å²) in [4.78, 5) is 23.1. The summed E-state index contributed by atoms with van der Waals surface area (Å²) in [5, 5.41) is 15.9. The average Bonchev–Trinajstić information content (AvgIpc) is 2.80. The predicted molar refractivity (Wildman–Crippen MR) is 116 cm³/mol. The van der Waals surface area contributed by atoms with Gasteiger partial charge in [-0.2, -0.15) is 0 Å². The summed E-state index contributed by atoms with van der Waals surface area (Å²) >= 11 is 0. The van der Waals surface area contributed by atoms with E-state index in [-0.39, 0.29) is 35.9 Å². The monoisotopic (exact) mass is 420 g/mol. The summed E-state index contributed by atoms with van der Waals surface area (Å²) in [6.45, 7) is 0.142. The standard InChI is InChI=1S/C23H20N2O6/c1-29-21-14-18(19(25(27)28)15-22(21)30-2)23(26)24-12-5-6-13-31-20-11-7-9-16-8-3-4-10-17(16)20/h3-4,7-11,14-15H,12-13H2,1-2H3,(H,24,26). The minimum absolute atomic E-state index is 0.00320. The Kier molecular flexibility index (Phi) is 6.91. The lowest BCUT2D eigenvalue weighted by molar-refractivity contribution is -0.385. The van der Waals surface area contributed by atoms with E-state index in [2.05, 4.69) is 17.2 Å². The Bertz CT molecular complexity index is 1170. The molecule has 158 valence electrons. The van der Waals surface area contributed by atoms with E-state index in [1.807, 2.05) is 42.5 Å². The van der Waals surface area contributed by atoms with Gasteiger partial charge < -0.3 is 19.5 Å². The van der Waals surface area contributed by atoms with Gasteiger partial charge in [0.05, 0.1) is 31.8 Å². The zero-order valence-corrected chi connectivity index (χ0v) is 17.0. The highest BCUT2D eigenvalue weighted by molar-refractivity contribution is 5.99. The first-order valence-electron chi connectivity index (χ1n) is 9.30. The van der Waals surface area contributed by atoms with E-state index in [0.717, 1.165) is 22.6 Å². The fraction of sp³-hybridized carbons (Fsp3) is 0.174. The molecule has 1 N–H and O–H groups in total. The molecule has 8 nitrogen and oxygen atoms in total. The lowest BCUT2D eigenvalue weighted by Gasteiger charge is -2.10. The minimum atomic E-state index is -0.652. The van der Waals surface area contributed by atoms with E-state index in [0.29, 0.717) is 0 Å². The van der Waals surface area contributed by atoms with Crippen LogP contribution in [0, 0.1) is 22.0 Å². The van der Waals surface area contributed by atoms with Crippen molar-refractivity contribution in [2.75, 3.05) is 27.4 Å². The second kappa shape index (κ2) is 9.98. The molecule has 0 aliphatic carbocycles. The first-order chi connectivity index (χ1) is 15.0. The number of amides is 1. The quantitative estimate of drug-likeness (QED) is 0.356. The van der Waals surface area contributed by atoms with E-state index in [4.69, 9.17) is 14.2 Å². The number of fused-ring (bicyclic) bond motifs is 1. The SMILES string of the molecule is COc1cc(C(=O)NCC#CCOc2cccc3ccccc23)c([N+](=O)[O-])cc1OC. The number of methoxy groups -OCH3 is 2. The zero-order chi connectivity index (χ0) is 22.2. The Morgan fingerprint density at radius 2 is 1.71 bits per heavy atom. The molecule has 0 aliphatic heterocycles. The van der Waals surface area contributed by atoms with Crippen LogP contribution in [0.5, 0.6) is 17.2 Å². The fourth-order valence-corrected chi connectivity index (χ4v) is 2.97. The molecule has 0 bridgehead atoms. The van der Waals surface area contributed by atoms with Crippen molar-refractivity contribution in [2.45, 2.75) is 0 Å². The summed E-state index contributed by atoms with van der Waals surface area (Å²) in [7, 11) is 2.74. The molecule has 0 saturated carbocycles. The molecule has 0 aromatic heterocycles. The van der Waals surface area contributed by atoms with Crippen LogP contribution in [0.3, 0.4) is 0 Å². The molecule has 3 aromatic carbocycles. The van der Waals surface area contributed by atoms with Gasteiger partial charge in [0, 0.05) is 11.5 Å². The topological polar surface area (TPSA) is 99.9 Å². The van der Waals surface area contributed by atoms with E-state index < -0.39 is 10.8 Å². The van der Waals surface area contributed by atoms with Crippen molar-refractivity contribution in [3.8, 4) is 29.1 Å².